The van der Waals surface area contributed by atoms with E-state index in [1.807, 2.05) is 0 Å². The van der Waals surface area contributed by atoms with E-state index in [0.717, 1.165) is 27.7 Å². The lowest BCUT2D eigenvalue weighted by Crippen LogP contribution is -2.71. The number of carbonyl (C=O) groups is 4. The zero-order valence-electron chi connectivity index (χ0n) is 65.9. The Kier molecular flexibility index (Phi) is 36.4. The highest BCUT2D eigenvalue weighted by atomic mass is 16.8. The minimum Gasteiger partial charge on any atom is -0.394 e. The minimum absolute atomic E-state index is 0.902. The van der Waals surface area contributed by atoms with Crippen molar-refractivity contribution in [2.24, 2.45) is 0 Å². The Morgan fingerprint density at radius 1 is 0.211 bits per heavy atom. The van der Waals surface area contributed by atoms with E-state index in [9.17, 15) is 162 Å². The van der Waals surface area contributed by atoms with Crippen LogP contribution in [-0.2, 0) is 109 Å². The molecule has 123 heavy (non-hydrogen) atoms. The molecule has 4 amide bonds. The summed E-state index contributed by atoms with van der Waals surface area (Å²) in [6.07, 6.45) is -95.1. The second-order valence-electron chi connectivity index (χ2n) is 31.0. The molecular weight excluding hydrogens is 1690 g/mol. The van der Waals surface area contributed by atoms with Gasteiger partial charge in [-0.05, 0) is 0 Å². The van der Waals surface area contributed by atoms with Crippen molar-refractivity contribution >= 4 is 23.6 Å². The van der Waals surface area contributed by atoms with Gasteiger partial charge in [-0.3, -0.25) is 19.2 Å². The Labute approximate surface area is 695 Å². The first-order valence-electron chi connectivity index (χ1n) is 39.1. The van der Waals surface area contributed by atoms with E-state index in [1.165, 1.54) is 0 Å². The van der Waals surface area contributed by atoms with Gasteiger partial charge in [-0.15, -0.1) is 0 Å². The molecule has 50 atom stereocenters. The van der Waals surface area contributed by atoms with E-state index in [4.69, 9.17) is 90.0 Å². The largest absolute Gasteiger partial charge is 0.394 e. The second kappa shape index (κ2) is 44.3. The number of aliphatic hydroxyl groups is 28. The molecule has 32 N–H and O–H groups in total. The first-order valence-corrected chi connectivity index (χ1v) is 39.1. The highest BCUT2D eigenvalue weighted by Gasteiger charge is 2.62. The van der Waals surface area contributed by atoms with Gasteiger partial charge in [0, 0.05) is 27.7 Å². The van der Waals surface area contributed by atoms with Crippen LogP contribution in [0.2, 0.25) is 0 Å². The minimum atomic E-state index is -2.46. The number of nitrogens with one attached hydrogen (secondary N) is 4. The van der Waals surface area contributed by atoms with Crippen molar-refractivity contribution in [1.82, 2.24) is 21.3 Å². The number of ether oxygens (including phenoxy) is 19. The predicted octanol–water partition coefficient (Wildman–Crippen LogP) is -22.2. The van der Waals surface area contributed by atoms with Gasteiger partial charge in [0.15, 0.2) is 62.9 Å². The van der Waals surface area contributed by atoms with Crippen LogP contribution in [0.15, 0.2) is 0 Å². The SMILES string of the molecule is CC(=O)N[C@H]1[C@H](OC[C@H]2O[C@@H](O[C@H]3[C@H](O)[C@@H](O)C(O)O[C@@H]3CO)[C@H](O)[C@@H](O[C@@H]3O[C@H](CO)[C@@H](O[C@@H]4O[C@H](CO)[C@H](O)[C@H](O[C@@H]5O[C@H](CO)[C@@H](O)[C@H](O[C@@H]6O[C@H](CO)[C@H](O)[C@H](O)[C@H]6O)[C@H]5NC(C)=O)[C@H]4O)[C@H](O)[C@H]3NC(C)=O)[C@H]2O)O[C@H](CO)[C@@H](O[C@@H]2O[C@H](CO)[C@H](O)[C@H](O[C@@H]3O[C@H](CO)[C@@H](O)[C@H](O[C@@H]4O[C@H](CO)[C@H](O)[C@H](O)[C@H]4O)[C@H]3NC(C)=O)[C@H]2O)[C@@H]1O. The van der Waals surface area contributed by atoms with Crippen molar-refractivity contribution < 1.29 is 252 Å². The molecule has 10 aliphatic rings. The molecule has 55 heteroatoms. The maximum Gasteiger partial charge on any atom is 0.217 e. The van der Waals surface area contributed by atoms with Gasteiger partial charge in [-0.25, -0.2) is 0 Å². The summed E-state index contributed by atoms with van der Waals surface area (Å²) in [7, 11) is 0. The summed E-state index contributed by atoms with van der Waals surface area (Å²) in [5, 5.41) is 319. The van der Waals surface area contributed by atoms with E-state index in [0.29, 0.717) is 0 Å². The van der Waals surface area contributed by atoms with Crippen LogP contribution in [0.25, 0.3) is 0 Å². The summed E-state index contributed by atoms with van der Waals surface area (Å²) < 4.78 is 111. The van der Waals surface area contributed by atoms with Crippen LogP contribution in [0.4, 0.5) is 0 Å². The highest BCUT2D eigenvalue weighted by Crippen LogP contribution is 2.41. The maximum atomic E-state index is 13.2. The average Bonchev–Trinajstić information content (AvgIpc) is 0.766. The standard InChI is InChI=1S/C68H114N4O51/c1-15(82)69-29-40(93)51(116-66-48(101)56(37(90)23(9-77)111-66)122-62-31(71-17(3)84)54(35(88)21(7-75)107-62)119-64-46(99)42(95)33(86)19(5-73)109-64)26(12-80)113-60(29)105-14-28-39(92)58(50(103)68(115-28)118-53-25(11-79)106-59(104)45(98)44(53)97)121-61-30(70-16(2)83)41(94)52(27(13-81)114-61)117-67-49(102)57(38(91)24(10-78)112-67)123-63-32(72-18(4)85)55(36(89)22(8-76)108-63)120-65-47(100)43(96)34(87)20(6-74)110-65/h19-68,73-81,86-104H,5-14H2,1-4H3,(H,69,82)(H,70,83)(H,71,84)(H,72,85)/t19-,20-,21-,22-,23-,24-,25-,26-,27-,28-,29-,30-,31-,32-,33+,34+,35-,36-,37+,38+,39+,40-,41-,42+,43+,44-,45-,46-,47-,48-,49-,50-,51-,52-,53-,54-,55-,56+,57+,58+,59?,60-,61+,62+,63+,64+,65+,66+,67+,68+/m1/s1. The molecule has 712 valence electrons. The molecule has 0 spiro atoms. The summed E-state index contributed by atoms with van der Waals surface area (Å²) in [5.41, 5.74) is 0. The lowest BCUT2D eigenvalue weighted by Gasteiger charge is -2.51. The van der Waals surface area contributed by atoms with Gasteiger partial charge in [0.2, 0.25) is 23.6 Å². The van der Waals surface area contributed by atoms with Crippen LogP contribution < -0.4 is 21.3 Å². The molecule has 10 fully saturated rings. The van der Waals surface area contributed by atoms with E-state index >= 15 is 0 Å². The fourth-order valence-electron chi connectivity index (χ4n) is 16.0. The number of carbonyl (C=O) groups excluding carboxylic acids is 4. The number of hydrogen-bond acceptors (Lipinski definition) is 51. The molecule has 0 aromatic carbocycles. The Morgan fingerprint density at radius 3 is 0.772 bits per heavy atom. The van der Waals surface area contributed by atoms with Crippen molar-refractivity contribution in [1.29, 1.82) is 0 Å². The highest BCUT2D eigenvalue weighted by molar-refractivity contribution is 5.74. The summed E-state index contributed by atoms with van der Waals surface area (Å²) >= 11 is 0. The Bertz CT molecular complexity index is 3310. The van der Waals surface area contributed by atoms with Gasteiger partial charge in [-0.1, -0.05) is 0 Å². The fraction of sp³-hybridized carbons (Fsp3) is 0.941. The van der Waals surface area contributed by atoms with E-state index in [1.54, 1.807) is 0 Å². The van der Waals surface area contributed by atoms with E-state index in [-0.39, 0.29) is 0 Å². The third-order valence-electron chi connectivity index (χ3n) is 22.5. The second-order valence-corrected chi connectivity index (χ2v) is 31.0. The summed E-state index contributed by atoms with van der Waals surface area (Å²) in [6.45, 7) is -7.17. The number of hydrogen-bond donors (Lipinski definition) is 32. The van der Waals surface area contributed by atoms with Gasteiger partial charge in [0.1, 0.15) is 244 Å². The zero-order valence-corrected chi connectivity index (χ0v) is 65.9. The van der Waals surface area contributed by atoms with Crippen LogP contribution in [0.5, 0.6) is 0 Å². The summed E-state index contributed by atoms with van der Waals surface area (Å²) in [5.74, 6) is -3.79. The van der Waals surface area contributed by atoms with Crippen LogP contribution in [0, 0.1) is 0 Å². The third kappa shape index (κ3) is 22.3. The van der Waals surface area contributed by atoms with Crippen molar-refractivity contribution in [3.05, 3.63) is 0 Å². The van der Waals surface area contributed by atoms with Gasteiger partial charge in [0.05, 0.1) is 66.1 Å². The Hall–Kier alpha value is -4.00. The lowest BCUT2D eigenvalue weighted by atomic mass is 9.93. The molecule has 1 unspecified atom stereocenters. The predicted molar refractivity (Wildman–Crippen MR) is 376 cm³/mol. The molecule has 10 aliphatic heterocycles. The molecule has 10 saturated heterocycles. The number of aliphatic hydroxyl groups excluding tert-OH is 28. The van der Waals surface area contributed by atoms with Crippen molar-refractivity contribution in [3.8, 4) is 0 Å². The van der Waals surface area contributed by atoms with Crippen LogP contribution in [-0.4, -0.2) is 539 Å². The van der Waals surface area contributed by atoms with Gasteiger partial charge >= 0.3 is 0 Å². The molecule has 0 aromatic rings. The number of amides is 4. The molecule has 0 bridgehead atoms. The van der Waals surface area contributed by atoms with E-state index < -0.39 is 397 Å². The van der Waals surface area contributed by atoms with Crippen molar-refractivity contribution in [2.75, 3.05) is 66.1 Å². The van der Waals surface area contributed by atoms with Gasteiger partial charge in [0.25, 0.3) is 0 Å². The zero-order chi connectivity index (χ0) is 90.5. The Balaban J connectivity index is 0.883. The quantitative estimate of drug-likeness (QED) is 0.0297. The molecule has 55 nitrogen and oxygen atoms in total. The molecular formula is C68H114N4O51. The van der Waals surface area contributed by atoms with Crippen molar-refractivity contribution in [3.63, 3.8) is 0 Å². The molecule has 10 rings (SSSR count). The molecule has 10 heterocycles. The Morgan fingerprint density at radius 2 is 0.439 bits per heavy atom. The van der Waals surface area contributed by atoms with Crippen LogP contribution in [0.3, 0.4) is 0 Å². The first-order chi connectivity index (χ1) is 58.2. The molecule has 0 radical (unpaired) electrons. The van der Waals surface area contributed by atoms with Gasteiger partial charge in [-0.2, -0.15) is 0 Å². The number of rotatable bonds is 32. The fourth-order valence-corrected chi connectivity index (χ4v) is 16.0. The average molecular weight is 1800 g/mol. The van der Waals surface area contributed by atoms with Crippen LogP contribution >= 0.6 is 0 Å². The van der Waals surface area contributed by atoms with E-state index in [2.05, 4.69) is 21.3 Å². The molecule has 0 saturated carbocycles. The van der Waals surface area contributed by atoms with Crippen LogP contribution in [0.1, 0.15) is 27.7 Å². The summed E-state index contributed by atoms with van der Waals surface area (Å²) in [4.78, 5) is 52.0. The van der Waals surface area contributed by atoms with Gasteiger partial charge < -0.3 is 254 Å². The summed E-state index contributed by atoms with van der Waals surface area (Å²) in [6, 6.07) is -7.64. The molecule has 0 aliphatic carbocycles. The lowest BCUT2D eigenvalue weighted by molar-refractivity contribution is -0.389. The smallest absolute Gasteiger partial charge is 0.217 e. The molecule has 0 aromatic heterocycles. The first kappa shape index (κ1) is 101. The van der Waals surface area contributed by atoms with Crippen molar-refractivity contribution in [2.45, 2.75) is 335 Å². The monoisotopic (exact) mass is 1800 g/mol. The normalized spacial score (nSPS) is 49.4. The third-order valence-corrected chi connectivity index (χ3v) is 22.5. The maximum absolute atomic E-state index is 13.2. The topological polar surface area (TPSA) is 858 Å².